The molecule has 18 heavy (non-hydrogen) atoms. The molecule has 0 radical (unpaired) electrons. The number of hydrogen-bond acceptors (Lipinski definition) is 1. The van der Waals surface area contributed by atoms with E-state index in [1.165, 1.54) is 18.2 Å². The molecule has 0 aliphatic carbocycles. The van der Waals surface area contributed by atoms with E-state index in [9.17, 15) is 13.2 Å². The monoisotopic (exact) mass is 247 g/mol. The van der Waals surface area contributed by atoms with Gasteiger partial charge in [-0.1, -0.05) is 12.1 Å². The van der Waals surface area contributed by atoms with Crippen LogP contribution in [0.2, 0.25) is 0 Å². The number of nitriles is 1. The molecule has 0 amide bonds. The van der Waals surface area contributed by atoms with E-state index in [2.05, 4.69) is 0 Å². The van der Waals surface area contributed by atoms with Gasteiger partial charge in [0.25, 0.3) is 0 Å². The molecule has 90 valence electrons. The maximum absolute atomic E-state index is 13.6. The van der Waals surface area contributed by atoms with Gasteiger partial charge in [0.05, 0.1) is 12.5 Å². The molecule has 2 aromatic rings. The van der Waals surface area contributed by atoms with Gasteiger partial charge in [0, 0.05) is 17.2 Å². The predicted octanol–water partition coefficient (Wildman–Crippen LogP) is 3.84. The fourth-order valence-electron chi connectivity index (χ4n) is 1.67. The van der Waals surface area contributed by atoms with Crippen LogP contribution in [0.4, 0.5) is 13.2 Å². The van der Waals surface area contributed by atoms with Crippen molar-refractivity contribution in [2.45, 2.75) is 6.42 Å². The number of halogens is 3. The van der Waals surface area contributed by atoms with Crippen LogP contribution in [0.15, 0.2) is 36.4 Å². The SMILES string of the molecule is N#CCc1ccc(-c2ccc(F)cc2F)cc1F. The lowest BCUT2D eigenvalue weighted by atomic mass is 10.0. The van der Waals surface area contributed by atoms with Crippen LogP contribution in [0, 0.1) is 28.8 Å². The molecule has 0 N–H and O–H groups in total. The van der Waals surface area contributed by atoms with Crippen LogP contribution in [0.5, 0.6) is 0 Å². The molecular weight excluding hydrogens is 239 g/mol. The average molecular weight is 247 g/mol. The Bertz CT molecular complexity index is 629. The first-order valence-electron chi connectivity index (χ1n) is 5.22. The smallest absolute Gasteiger partial charge is 0.133 e. The number of nitrogens with zero attached hydrogens (tertiary/aromatic N) is 1. The summed E-state index contributed by atoms with van der Waals surface area (Å²) in [7, 11) is 0. The second-order valence-corrected chi connectivity index (χ2v) is 3.77. The first-order chi connectivity index (χ1) is 8.61. The summed E-state index contributed by atoms with van der Waals surface area (Å²) in [5.74, 6) is -2.00. The van der Waals surface area contributed by atoms with Crippen LogP contribution in [-0.2, 0) is 6.42 Å². The van der Waals surface area contributed by atoms with Crippen LogP contribution >= 0.6 is 0 Å². The Balaban J connectivity index is 2.46. The molecule has 2 rings (SSSR count). The van der Waals surface area contributed by atoms with Crippen molar-refractivity contribution in [1.82, 2.24) is 0 Å². The quantitative estimate of drug-likeness (QED) is 0.791. The summed E-state index contributed by atoms with van der Waals surface area (Å²) in [6.45, 7) is 0. The van der Waals surface area contributed by atoms with Gasteiger partial charge >= 0.3 is 0 Å². The molecule has 0 spiro atoms. The van der Waals surface area contributed by atoms with E-state index in [0.717, 1.165) is 18.2 Å². The topological polar surface area (TPSA) is 23.8 Å². The molecule has 0 heterocycles. The largest absolute Gasteiger partial charge is 0.207 e. The van der Waals surface area contributed by atoms with E-state index in [-0.39, 0.29) is 17.5 Å². The Hall–Kier alpha value is -2.28. The summed E-state index contributed by atoms with van der Waals surface area (Å²) in [6.07, 6.45) is -0.0436. The molecular formula is C14H8F3N. The van der Waals surface area contributed by atoms with Crippen LogP contribution in [0.1, 0.15) is 5.56 Å². The lowest BCUT2D eigenvalue weighted by Crippen LogP contribution is -1.91. The third-order valence-corrected chi connectivity index (χ3v) is 2.56. The first kappa shape index (κ1) is 12.2. The Morgan fingerprint density at radius 3 is 2.33 bits per heavy atom. The predicted molar refractivity (Wildman–Crippen MR) is 61.1 cm³/mol. The lowest BCUT2D eigenvalue weighted by molar-refractivity contribution is 0.585. The number of benzene rings is 2. The maximum Gasteiger partial charge on any atom is 0.133 e. The molecule has 0 atom stereocenters. The molecule has 0 fully saturated rings. The number of hydrogen-bond donors (Lipinski definition) is 0. The highest BCUT2D eigenvalue weighted by Crippen LogP contribution is 2.25. The van der Waals surface area contributed by atoms with Crippen molar-refractivity contribution in [2.75, 3.05) is 0 Å². The normalized spacial score (nSPS) is 10.1. The Labute approximate surface area is 102 Å². The van der Waals surface area contributed by atoms with Gasteiger partial charge in [0.2, 0.25) is 0 Å². The van der Waals surface area contributed by atoms with E-state index in [1.807, 2.05) is 6.07 Å². The average Bonchev–Trinajstić information content (AvgIpc) is 2.32. The highest BCUT2D eigenvalue weighted by Gasteiger charge is 2.09. The Morgan fingerprint density at radius 1 is 0.944 bits per heavy atom. The fourth-order valence-corrected chi connectivity index (χ4v) is 1.67. The molecule has 0 saturated heterocycles. The highest BCUT2D eigenvalue weighted by atomic mass is 19.1. The Kier molecular flexibility index (Phi) is 3.33. The molecule has 0 aliphatic rings. The van der Waals surface area contributed by atoms with E-state index < -0.39 is 17.5 Å². The van der Waals surface area contributed by atoms with E-state index >= 15 is 0 Å². The molecule has 0 bridgehead atoms. The van der Waals surface area contributed by atoms with Gasteiger partial charge in [0.1, 0.15) is 17.5 Å². The van der Waals surface area contributed by atoms with Crippen LogP contribution in [0.25, 0.3) is 11.1 Å². The third kappa shape index (κ3) is 2.35. The third-order valence-electron chi connectivity index (χ3n) is 2.56. The zero-order valence-electron chi connectivity index (χ0n) is 9.25. The Morgan fingerprint density at radius 2 is 1.72 bits per heavy atom. The molecule has 2 aromatic carbocycles. The van der Waals surface area contributed by atoms with Gasteiger partial charge in [-0.25, -0.2) is 13.2 Å². The fraction of sp³-hybridized carbons (Fsp3) is 0.0714. The second-order valence-electron chi connectivity index (χ2n) is 3.77. The summed E-state index contributed by atoms with van der Waals surface area (Å²) in [4.78, 5) is 0. The summed E-state index contributed by atoms with van der Waals surface area (Å²) in [5, 5.41) is 8.49. The van der Waals surface area contributed by atoms with Crippen molar-refractivity contribution in [3.63, 3.8) is 0 Å². The standard InChI is InChI=1S/C14H8F3N/c15-11-3-4-12(14(17)8-11)10-2-1-9(5-6-18)13(16)7-10/h1-4,7-8H,5H2. The second kappa shape index (κ2) is 4.92. The van der Waals surface area contributed by atoms with Crippen molar-refractivity contribution in [3.05, 3.63) is 59.4 Å². The molecule has 0 unspecified atom stereocenters. The van der Waals surface area contributed by atoms with Crippen molar-refractivity contribution in [2.24, 2.45) is 0 Å². The zero-order chi connectivity index (χ0) is 13.1. The van der Waals surface area contributed by atoms with Gasteiger partial charge in [-0.2, -0.15) is 5.26 Å². The minimum Gasteiger partial charge on any atom is -0.207 e. The summed E-state index contributed by atoms with van der Waals surface area (Å²) < 4.78 is 39.8. The van der Waals surface area contributed by atoms with Gasteiger partial charge < -0.3 is 0 Å². The van der Waals surface area contributed by atoms with Crippen molar-refractivity contribution in [3.8, 4) is 17.2 Å². The van der Waals surface area contributed by atoms with Crippen LogP contribution in [-0.4, -0.2) is 0 Å². The summed E-state index contributed by atoms with van der Waals surface area (Å²) in [6, 6.07) is 9.02. The van der Waals surface area contributed by atoms with E-state index in [1.54, 1.807) is 0 Å². The van der Waals surface area contributed by atoms with Gasteiger partial charge in [-0.05, 0) is 23.8 Å². The van der Waals surface area contributed by atoms with Gasteiger partial charge in [-0.15, -0.1) is 0 Å². The molecule has 4 heteroatoms. The molecule has 0 saturated carbocycles. The maximum atomic E-state index is 13.6. The van der Waals surface area contributed by atoms with Crippen molar-refractivity contribution >= 4 is 0 Å². The van der Waals surface area contributed by atoms with Gasteiger partial charge in [0.15, 0.2) is 0 Å². The summed E-state index contributed by atoms with van der Waals surface area (Å²) >= 11 is 0. The number of rotatable bonds is 2. The van der Waals surface area contributed by atoms with Gasteiger partial charge in [-0.3, -0.25) is 0 Å². The lowest BCUT2D eigenvalue weighted by Gasteiger charge is -2.05. The van der Waals surface area contributed by atoms with Crippen molar-refractivity contribution < 1.29 is 13.2 Å². The van der Waals surface area contributed by atoms with E-state index in [0.29, 0.717) is 5.56 Å². The molecule has 1 nitrogen and oxygen atoms in total. The molecule has 0 aliphatic heterocycles. The molecule has 0 aromatic heterocycles. The zero-order valence-corrected chi connectivity index (χ0v) is 9.25. The summed E-state index contributed by atoms with van der Waals surface area (Å²) in [5.41, 5.74) is 0.689. The van der Waals surface area contributed by atoms with Crippen LogP contribution in [0.3, 0.4) is 0 Å². The minimum atomic E-state index is -0.748. The van der Waals surface area contributed by atoms with Crippen molar-refractivity contribution in [1.29, 1.82) is 5.26 Å². The first-order valence-corrected chi connectivity index (χ1v) is 5.22. The highest BCUT2D eigenvalue weighted by molar-refractivity contribution is 5.64. The minimum absolute atomic E-state index is 0.0436. The van der Waals surface area contributed by atoms with Crippen LogP contribution < -0.4 is 0 Å². The van der Waals surface area contributed by atoms with E-state index in [4.69, 9.17) is 5.26 Å².